The maximum absolute atomic E-state index is 11.7. The summed E-state index contributed by atoms with van der Waals surface area (Å²) in [6, 6.07) is 9.73. The predicted molar refractivity (Wildman–Crippen MR) is 120 cm³/mol. The van der Waals surface area contributed by atoms with Crippen LogP contribution in [0, 0.1) is 5.92 Å². The van der Waals surface area contributed by atoms with E-state index in [1.54, 1.807) is 6.20 Å². The summed E-state index contributed by atoms with van der Waals surface area (Å²) in [5.74, 6) is 0.739. The molecule has 2 rings (SSSR count). The van der Waals surface area contributed by atoms with Gasteiger partial charge >= 0.3 is 0 Å². The van der Waals surface area contributed by atoms with Crippen molar-refractivity contribution in [2.24, 2.45) is 18.0 Å². The first-order chi connectivity index (χ1) is 12.5. The van der Waals surface area contributed by atoms with Gasteiger partial charge in [0, 0.05) is 31.4 Å². The first-order valence-electron chi connectivity index (χ1n) is 8.88. The highest BCUT2D eigenvalue weighted by atomic mass is 127. The van der Waals surface area contributed by atoms with Gasteiger partial charge in [-0.25, -0.2) is 4.99 Å². The van der Waals surface area contributed by atoms with Gasteiger partial charge in [-0.15, -0.1) is 24.0 Å². The van der Waals surface area contributed by atoms with Gasteiger partial charge in [0.1, 0.15) is 0 Å². The van der Waals surface area contributed by atoms with Crippen molar-refractivity contribution in [3.63, 3.8) is 0 Å². The topological polar surface area (TPSA) is 83.3 Å². The van der Waals surface area contributed by atoms with Crippen LogP contribution in [0.2, 0.25) is 0 Å². The zero-order valence-electron chi connectivity index (χ0n) is 16.3. The van der Waals surface area contributed by atoms with Crippen LogP contribution >= 0.6 is 24.0 Å². The lowest BCUT2D eigenvalue weighted by molar-refractivity contribution is -0.118. The average molecular weight is 484 g/mol. The Kier molecular flexibility index (Phi) is 9.84. The first-order valence-corrected chi connectivity index (χ1v) is 8.88. The molecule has 0 aliphatic rings. The standard InChI is InChI=1S/C19H28N6O.HI/c1-5-20-19(22-13-17-10-11-23-25(17)4)21-12-15-6-8-16(9-7-15)24-18(26)14(2)3;/h6-11,14H,5,12-13H2,1-4H3,(H,24,26)(H2,20,21,22);1H. The van der Waals surface area contributed by atoms with E-state index in [1.807, 2.05) is 62.8 Å². The number of hydrogen-bond acceptors (Lipinski definition) is 3. The number of carbonyl (C=O) groups is 1. The minimum absolute atomic E-state index is 0. The van der Waals surface area contributed by atoms with Crippen LogP contribution in [0.3, 0.4) is 0 Å². The number of hydrogen-bond donors (Lipinski definition) is 3. The van der Waals surface area contributed by atoms with Gasteiger partial charge in [0.05, 0.1) is 18.8 Å². The number of nitrogens with one attached hydrogen (secondary N) is 3. The molecule has 0 aliphatic carbocycles. The van der Waals surface area contributed by atoms with Crippen molar-refractivity contribution in [3.05, 3.63) is 47.8 Å². The minimum Gasteiger partial charge on any atom is -0.357 e. The van der Waals surface area contributed by atoms with Gasteiger partial charge in [-0.05, 0) is 30.7 Å². The van der Waals surface area contributed by atoms with E-state index in [9.17, 15) is 4.79 Å². The number of aliphatic imine (C=N–C) groups is 1. The molecule has 0 atom stereocenters. The van der Waals surface area contributed by atoms with Crippen molar-refractivity contribution in [3.8, 4) is 0 Å². The molecule has 8 heteroatoms. The number of halogens is 1. The fourth-order valence-corrected chi connectivity index (χ4v) is 2.24. The van der Waals surface area contributed by atoms with Gasteiger partial charge in [-0.1, -0.05) is 26.0 Å². The third kappa shape index (κ3) is 7.58. The summed E-state index contributed by atoms with van der Waals surface area (Å²) in [5.41, 5.74) is 2.96. The summed E-state index contributed by atoms with van der Waals surface area (Å²) in [6.45, 7) is 7.78. The zero-order chi connectivity index (χ0) is 18.9. The monoisotopic (exact) mass is 484 g/mol. The number of benzene rings is 1. The fourth-order valence-electron chi connectivity index (χ4n) is 2.24. The number of aryl methyl sites for hydroxylation is 1. The summed E-state index contributed by atoms with van der Waals surface area (Å²) in [5, 5.41) is 13.6. The molecule has 7 nitrogen and oxygen atoms in total. The van der Waals surface area contributed by atoms with E-state index in [2.05, 4.69) is 26.0 Å². The second-order valence-corrected chi connectivity index (χ2v) is 6.34. The summed E-state index contributed by atoms with van der Waals surface area (Å²) < 4.78 is 1.83. The van der Waals surface area contributed by atoms with E-state index in [0.717, 1.165) is 29.4 Å². The van der Waals surface area contributed by atoms with E-state index in [1.165, 1.54) is 0 Å². The van der Waals surface area contributed by atoms with Crippen LogP contribution < -0.4 is 16.0 Å². The maximum Gasteiger partial charge on any atom is 0.226 e. The Hall–Kier alpha value is -2.10. The lowest BCUT2D eigenvalue weighted by Gasteiger charge is -2.12. The number of rotatable bonds is 7. The van der Waals surface area contributed by atoms with Crippen LogP contribution in [0.25, 0.3) is 0 Å². The van der Waals surface area contributed by atoms with Gasteiger partial charge in [-0.2, -0.15) is 5.10 Å². The van der Waals surface area contributed by atoms with Crippen molar-refractivity contribution in [1.82, 2.24) is 20.4 Å². The number of carbonyl (C=O) groups excluding carboxylic acids is 1. The molecule has 0 aliphatic heterocycles. The van der Waals surface area contributed by atoms with Crippen molar-refractivity contribution in [2.45, 2.75) is 33.9 Å². The quantitative estimate of drug-likeness (QED) is 0.321. The van der Waals surface area contributed by atoms with Crippen LogP contribution in [0.1, 0.15) is 32.0 Å². The lowest BCUT2D eigenvalue weighted by Crippen LogP contribution is -2.37. The highest BCUT2D eigenvalue weighted by Crippen LogP contribution is 2.11. The number of amides is 1. The van der Waals surface area contributed by atoms with Crippen LogP contribution in [0.15, 0.2) is 41.5 Å². The number of guanidine groups is 1. The summed E-state index contributed by atoms with van der Waals surface area (Å²) >= 11 is 0. The molecule has 0 bridgehead atoms. The van der Waals surface area contributed by atoms with Crippen molar-refractivity contribution in [1.29, 1.82) is 0 Å². The Morgan fingerprint density at radius 3 is 2.44 bits per heavy atom. The molecule has 1 aromatic heterocycles. The minimum atomic E-state index is -0.0348. The fraction of sp³-hybridized carbons (Fsp3) is 0.421. The van der Waals surface area contributed by atoms with E-state index in [-0.39, 0.29) is 35.8 Å². The number of aromatic nitrogens is 2. The molecule has 1 heterocycles. The highest BCUT2D eigenvalue weighted by molar-refractivity contribution is 14.0. The van der Waals surface area contributed by atoms with Gasteiger partial charge in [0.2, 0.25) is 5.91 Å². The second kappa shape index (κ2) is 11.6. The largest absolute Gasteiger partial charge is 0.357 e. The first kappa shape index (κ1) is 22.9. The maximum atomic E-state index is 11.7. The van der Waals surface area contributed by atoms with Crippen molar-refractivity contribution in [2.75, 3.05) is 11.9 Å². The van der Waals surface area contributed by atoms with Gasteiger partial charge in [0.15, 0.2) is 5.96 Å². The second-order valence-electron chi connectivity index (χ2n) is 6.34. The average Bonchev–Trinajstić information content (AvgIpc) is 3.03. The third-order valence-electron chi connectivity index (χ3n) is 3.87. The molecular formula is C19H29IN6O. The Morgan fingerprint density at radius 1 is 1.19 bits per heavy atom. The van der Waals surface area contributed by atoms with E-state index in [0.29, 0.717) is 13.1 Å². The summed E-state index contributed by atoms with van der Waals surface area (Å²) in [6.07, 6.45) is 1.78. The van der Waals surface area contributed by atoms with Crippen LogP contribution in [-0.2, 0) is 24.9 Å². The van der Waals surface area contributed by atoms with E-state index < -0.39 is 0 Å². The molecule has 0 radical (unpaired) electrons. The number of nitrogens with zero attached hydrogens (tertiary/aromatic N) is 3. The summed E-state index contributed by atoms with van der Waals surface area (Å²) in [7, 11) is 1.92. The molecule has 2 aromatic rings. The molecule has 0 saturated heterocycles. The van der Waals surface area contributed by atoms with Crippen molar-refractivity contribution < 1.29 is 4.79 Å². The van der Waals surface area contributed by atoms with Crippen LogP contribution in [0.4, 0.5) is 5.69 Å². The van der Waals surface area contributed by atoms with Gasteiger partial charge in [0.25, 0.3) is 0 Å². The van der Waals surface area contributed by atoms with Gasteiger partial charge < -0.3 is 16.0 Å². The third-order valence-corrected chi connectivity index (χ3v) is 3.87. The molecule has 148 valence electrons. The Balaban J connectivity index is 0.00000364. The Morgan fingerprint density at radius 2 is 1.89 bits per heavy atom. The summed E-state index contributed by atoms with van der Waals surface area (Å²) in [4.78, 5) is 16.3. The molecule has 0 spiro atoms. The predicted octanol–water partition coefficient (Wildman–Crippen LogP) is 2.89. The van der Waals surface area contributed by atoms with E-state index >= 15 is 0 Å². The zero-order valence-corrected chi connectivity index (χ0v) is 18.7. The molecule has 3 N–H and O–H groups in total. The highest BCUT2D eigenvalue weighted by Gasteiger charge is 2.06. The molecule has 0 fully saturated rings. The molecular weight excluding hydrogens is 455 g/mol. The molecule has 0 saturated carbocycles. The Bertz CT molecular complexity index is 739. The van der Waals surface area contributed by atoms with E-state index in [4.69, 9.17) is 0 Å². The van der Waals surface area contributed by atoms with Crippen molar-refractivity contribution >= 4 is 41.5 Å². The van der Waals surface area contributed by atoms with Gasteiger partial charge in [-0.3, -0.25) is 9.48 Å². The molecule has 1 aromatic carbocycles. The molecule has 1 amide bonds. The van der Waals surface area contributed by atoms with Crippen LogP contribution in [-0.4, -0.2) is 28.2 Å². The normalized spacial score (nSPS) is 11.1. The SMILES string of the molecule is CCNC(=NCc1ccc(NC(=O)C(C)C)cc1)NCc1ccnn1C.I. The molecule has 0 unspecified atom stereocenters. The smallest absolute Gasteiger partial charge is 0.226 e. The molecule has 27 heavy (non-hydrogen) atoms. The lowest BCUT2D eigenvalue weighted by atomic mass is 10.2. The van der Waals surface area contributed by atoms with Crippen LogP contribution in [0.5, 0.6) is 0 Å². The Labute approximate surface area is 178 Å². The number of anilines is 1.